The second kappa shape index (κ2) is 14.4. The first-order valence-corrected chi connectivity index (χ1v) is 14.1. The average molecular weight is 565 g/mol. The van der Waals surface area contributed by atoms with Crippen molar-refractivity contribution < 1.29 is 14.4 Å². The maximum atomic E-state index is 12.0. The topological polar surface area (TPSA) is 68.1 Å². The first kappa shape index (κ1) is 28.3. The van der Waals surface area contributed by atoms with E-state index in [1.807, 2.05) is 23.1 Å². The molecule has 1 aromatic carbocycles. The van der Waals surface area contributed by atoms with Crippen molar-refractivity contribution in [3.63, 3.8) is 0 Å². The summed E-state index contributed by atoms with van der Waals surface area (Å²) < 4.78 is 10.6. The average Bonchev–Trinajstić information content (AvgIpc) is 3.30. The van der Waals surface area contributed by atoms with Crippen LogP contribution in [0.25, 0.3) is 0 Å². The minimum absolute atomic E-state index is 0.216. The molecule has 3 rings (SSSR count). The van der Waals surface area contributed by atoms with E-state index >= 15 is 0 Å². The quantitative estimate of drug-likeness (QED) is 0.111. The predicted molar refractivity (Wildman–Crippen MR) is 144 cm³/mol. The Morgan fingerprint density at radius 1 is 1.03 bits per heavy atom. The summed E-state index contributed by atoms with van der Waals surface area (Å²) in [5.41, 5.74) is 0.925. The first-order valence-electron chi connectivity index (χ1n) is 12.0. The highest BCUT2D eigenvalue weighted by Gasteiger charge is 2.31. The van der Waals surface area contributed by atoms with Crippen molar-refractivity contribution in [2.75, 3.05) is 38.7 Å². The van der Waals surface area contributed by atoms with Crippen molar-refractivity contribution in [2.24, 2.45) is 0 Å². The lowest BCUT2D eigenvalue weighted by atomic mass is 10.1. The van der Waals surface area contributed by atoms with Crippen molar-refractivity contribution in [1.82, 2.24) is 9.80 Å². The van der Waals surface area contributed by atoms with Gasteiger partial charge in [0.15, 0.2) is 21.6 Å². The van der Waals surface area contributed by atoms with Gasteiger partial charge in [-0.25, -0.2) is 0 Å². The van der Waals surface area contributed by atoms with E-state index in [2.05, 4.69) is 11.8 Å². The van der Waals surface area contributed by atoms with Gasteiger partial charge in [-0.3, -0.25) is 15.0 Å². The van der Waals surface area contributed by atoms with Crippen LogP contribution in [0.4, 0.5) is 0 Å². The number of nitro groups is 1. The summed E-state index contributed by atoms with van der Waals surface area (Å²) in [7, 11) is 0. The van der Waals surface area contributed by atoms with Crippen LogP contribution in [-0.4, -0.2) is 53.4 Å². The Morgan fingerprint density at radius 3 is 2.40 bits per heavy atom. The summed E-state index contributed by atoms with van der Waals surface area (Å²) in [6.07, 6.45) is 6.96. The number of halogens is 3. The minimum atomic E-state index is -0.477. The molecular formula is C24H32Cl3N3O4S. The molecule has 0 amide bonds. The zero-order valence-corrected chi connectivity index (χ0v) is 23.0. The number of allylic oxidation sites excluding steroid dienone is 1. The van der Waals surface area contributed by atoms with Crippen LogP contribution in [0.15, 0.2) is 38.4 Å². The number of unbranched alkanes of at least 4 members (excludes halogenated alkanes) is 5. The fourth-order valence-electron chi connectivity index (χ4n) is 4.11. The molecule has 2 aliphatic rings. The summed E-state index contributed by atoms with van der Waals surface area (Å²) in [4.78, 5) is 15.9. The number of nitrogens with zero attached hydrogens (tertiary/aromatic N) is 3. The zero-order valence-electron chi connectivity index (χ0n) is 19.9. The van der Waals surface area contributed by atoms with Crippen LogP contribution >= 0.6 is 46.6 Å². The van der Waals surface area contributed by atoms with Gasteiger partial charge in [0.05, 0.1) is 4.92 Å². The van der Waals surface area contributed by atoms with E-state index in [1.54, 1.807) is 0 Å². The van der Waals surface area contributed by atoms with Crippen LogP contribution in [0.1, 0.15) is 51.0 Å². The molecular weight excluding hydrogens is 533 g/mol. The van der Waals surface area contributed by atoms with Crippen LogP contribution in [0.3, 0.4) is 0 Å². The molecule has 1 saturated heterocycles. The molecule has 0 radical (unpaired) electrons. The first-order chi connectivity index (χ1) is 16.9. The van der Waals surface area contributed by atoms with Gasteiger partial charge in [0.1, 0.15) is 4.49 Å². The zero-order chi connectivity index (χ0) is 25.2. The number of fused-ring (bicyclic) bond motifs is 1. The third-order valence-electron chi connectivity index (χ3n) is 6.00. The molecule has 35 heavy (non-hydrogen) atoms. The molecule has 0 aromatic heterocycles. The molecule has 2 aliphatic heterocycles. The summed E-state index contributed by atoms with van der Waals surface area (Å²) in [5, 5.41) is 12.3. The Bertz CT molecular complexity index is 933. The number of thioether (sulfide) groups is 1. The Hall–Kier alpha value is -1.32. The van der Waals surface area contributed by atoms with E-state index in [0.717, 1.165) is 55.3 Å². The molecule has 0 atom stereocenters. The number of hydrogen-bond acceptors (Lipinski definition) is 7. The summed E-state index contributed by atoms with van der Waals surface area (Å²) >= 11 is 19.4. The molecule has 194 valence electrons. The number of hydrogen-bond donors (Lipinski definition) is 0. The van der Waals surface area contributed by atoms with Gasteiger partial charge in [-0.05, 0) is 29.9 Å². The van der Waals surface area contributed by atoms with E-state index in [-0.39, 0.29) is 22.0 Å². The van der Waals surface area contributed by atoms with Gasteiger partial charge in [0, 0.05) is 32.7 Å². The number of benzene rings is 1. The maximum Gasteiger partial charge on any atom is 0.319 e. The fourth-order valence-corrected chi connectivity index (χ4v) is 5.72. The van der Waals surface area contributed by atoms with Crippen LogP contribution in [-0.2, 0) is 6.54 Å². The minimum Gasteiger partial charge on any atom is -0.454 e. The van der Waals surface area contributed by atoms with Gasteiger partial charge in [0.2, 0.25) is 6.79 Å². The van der Waals surface area contributed by atoms with E-state index < -0.39 is 4.92 Å². The Morgan fingerprint density at radius 2 is 1.71 bits per heavy atom. The summed E-state index contributed by atoms with van der Waals surface area (Å²) in [6, 6.07) is 5.98. The standard InChI is InChI=1S/C24H32Cl3N3O4S/c1-2-3-4-5-6-7-14-35-24(22(30(31)32)21(25)23(26)27)29-12-10-28(11-13-29)16-18-8-9-19-20(15-18)34-17-33-19/h8-9,15H,2-7,10-14,16-17H2,1H3/b24-22+. The van der Waals surface area contributed by atoms with Gasteiger partial charge >= 0.3 is 5.70 Å². The third-order valence-corrected chi connectivity index (χ3v) is 8.16. The van der Waals surface area contributed by atoms with E-state index in [4.69, 9.17) is 44.3 Å². The second-order valence-electron chi connectivity index (χ2n) is 8.55. The van der Waals surface area contributed by atoms with Crippen LogP contribution in [0, 0.1) is 10.1 Å². The maximum absolute atomic E-state index is 12.0. The molecule has 0 bridgehead atoms. The van der Waals surface area contributed by atoms with Crippen LogP contribution < -0.4 is 9.47 Å². The van der Waals surface area contributed by atoms with E-state index in [9.17, 15) is 10.1 Å². The highest BCUT2D eigenvalue weighted by atomic mass is 35.5. The van der Waals surface area contributed by atoms with Gasteiger partial charge in [-0.1, -0.05) is 79.9 Å². The molecule has 1 fully saturated rings. The highest BCUT2D eigenvalue weighted by molar-refractivity contribution is 8.03. The fraction of sp³-hybridized carbons (Fsp3) is 0.583. The largest absolute Gasteiger partial charge is 0.454 e. The SMILES string of the molecule is CCCCCCCCS/C(=C(\C(Cl)=C(Cl)Cl)[N+](=O)[O-])N1CCN(Cc2ccc3c(c2)OCO3)CC1. The van der Waals surface area contributed by atoms with Crippen molar-refractivity contribution in [3.8, 4) is 11.5 Å². The lowest BCUT2D eigenvalue weighted by Gasteiger charge is -2.36. The molecule has 0 N–H and O–H groups in total. The lowest BCUT2D eigenvalue weighted by molar-refractivity contribution is -0.421. The van der Waals surface area contributed by atoms with Gasteiger partial charge in [0.25, 0.3) is 0 Å². The van der Waals surface area contributed by atoms with Crippen molar-refractivity contribution in [1.29, 1.82) is 0 Å². The number of ether oxygens (including phenoxy) is 2. The molecule has 0 aliphatic carbocycles. The van der Waals surface area contributed by atoms with Crippen molar-refractivity contribution in [2.45, 2.75) is 52.0 Å². The Kier molecular flexibility index (Phi) is 11.6. The molecule has 0 saturated carbocycles. The van der Waals surface area contributed by atoms with E-state index in [1.165, 1.54) is 37.4 Å². The van der Waals surface area contributed by atoms with E-state index in [0.29, 0.717) is 18.1 Å². The monoisotopic (exact) mass is 563 g/mol. The van der Waals surface area contributed by atoms with Gasteiger partial charge in [-0.15, -0.1) is 11.8 Å². The smallest absolute Gasteiger partial charge is 0.319 e. The second-order valence-corrected chi connectivity index (χ2v) is 11.0. The molecule has 0 unspecified atom stereocenters. The van der Waals surface area contributed by atoms with Gasteiger partial charge in [-0.2, -0.15) is 0 Å². The predicted octanol–water partition coefficient (Wildman–Crippen LogP) is 6.96. The van der Waals surface area contributed by atoms with Crippen LogP contribution in [0.2, 0.25) is 0 Å². The van der Waals surface area contributed by atoms with Crippen molar-refractivity contribution in [3.05, 3.63) is 54.1 Å². The molecule has 2 heterocycles. The molecule has 1 aromatic rings. The molecule has 0 spiro atoms. The Labute approximate surface area is 226 Å². The van der Waals surface area contributed by atoms with Crippen LogP contribution in [0.5, 0.6) is 11.5 Å². The Balaban J connectivity index is 1.64. The molecule has 11 heteroatoms. The highest BCUT2D eigenvalue weighted by Crippen LogP contribution is 2.36. The van der Waals surface area contributed by atoms with Gasteiger partial charge < -0.3 is 14.4 Å². The summed E-state index contributed by atoms with van der Waals surface area (Å²) in [6.45, 7) is 6.03. The summed E-state index contributed by atoms with van der Waals surface area (Å²) in [5.74, 6) is 2.32. The number of piperazine rings is 1. The molecule has 7 nitrogen and oxygen atoms in total. The van der Waals surface area contributed by atoms with Crippen molar-refractivity contribution >= 4 is 46.6 Å². The lowest BCUT2D eigenvalue weighted by Crippen LogP contribution is -2.45. The normalized spacial score (nSPS) is 16.3. The third kappa shape index (κ3) is 8.35. The number of rotatable bonds is 13.